The van der Waals surface area contributed by atoms with Gasteiger partial charge in [0.15, 0.2) is 0 Å². The number of likely N-dealkylation sites (N-methyl/N-ethyl adjacent to an activating group) is 1. The monoisotopic (exact) mass is 376 g/mol. The maximum Gasteiger partial charge on any atom is 0.242 e. The van der Waals surface area contributed by atoms with Crippen molar-refractivity contribution < 1.29 is 14.3 Å². The second kappa shape index (κ2) is 9.04. The molecular weight excluding hydrogens is 352 g/mol. The Morgan fingerprint density at radius 2 is 1.68 bits per heavy atom. The van der Waals surface area contributed by atoms with Crippen LogP contribution in [-0.4, -0.2) is 37.4 Å². The van der Waals surface area contributed by atoms with Gasteiger partial charge in [0.25, 0.3) is 0 Å². The lowest BCUT2D eigenvalue weighted by Crippen LogP contribution is -2.38. The number of nitrogens with one attached hydrogen (secondary N) is 1. The molecule has 0 aliphatic carbocycles. The molecule has 0 spiro atoms. The number of carbonyl (C=O) groups is 2. The topological polar surface area (TPSA) is 58.6 Å². The van der Waals surface area contributed by atoms with Crippen molar-refractivity contribution >= 4 is 22.6 Å². The summed E-state index contributed by atoms with van der Waals surface area (Å²) in [6, 6.07) is 21.4. The summed E-state index contributed by atoms with van der Waals surface area (Å²) in [7, 11) is 3.34. The molecule has 0 atom stereocenters. The smallest absolute Gasteiger partial charge is 0.242 e. The molecule has 0 aliphatic rings. The fourth-order valence-corrected chi connectivity index (χ4v) is 3.08. The van der Waals surface area contributed by atoms with Gasteiger partial charge < -0.3 is 15.0 Å². The van der Waals surface area contributed by atoms with Gasteiger partial charge in [-0.2, -0.15) is 0 Å². The summed E-state index contributed by atoms with van der Waals surface area (Å²) >= 11 is 0. The summed E-state index contributed by atoms with van der Waals surface area (Å²) in [6.07, 6.45) is 0.247. The van der Waals surface area contributed by atoms with Crippen LogP contribution in [0.1, 0.15) is 11.1 Å². The molecule has 0 heterocycles. The van der Waals surface area contributed by atoms with E-state index in [1.807, 2.05) is 66.7 Å². The lowest BCUT2D eigenvalue weighted by Gasteiger charge is -2.18. The Bertz CT molecular complexity index is 962. The zero-order chi connectivity index (χ0) is 19.9. The van der Waals surface area contributed by atoms with E-state index in [4.69, 9.17) is 4.74 Å². The molecule has 0 bridgehead atoms. The lowest BCUT2D eigenvalue weighted by molar-refractivity contribution is -0.132. The first-order valence-electron chi connectivity index (χ1n) is 9.17. The van der Waals surface area contributed by atoms with Gasteiger partial charge in [-0.15, -0.1) is 0 Å². The average Bonchev–Trinajstić information content (AvgIpc) is 2.73. The van der Waals surface area contributed by atoms with Crippen LogP contribution in [0.3, 0.4) is 0 Å². The van der Waals surface area contributed by atoms with Gasteiger partial charge >= 0.3 is 0 Å². The lowest BCUT2D eigenvalue weighted by atomic mass is 10.0. The minimum atomic E-state index is -0.164. The van der Waals surface area contributed by atoms with Gasteiger partial charge in [0.1, 0.15) is 5.75 Å². The van der Waals surface area contributed by atoms with Crippen molar-refractivity contribution in [3.05, 3.63) is 77.9 Å². The van der Waals surface area contributed by atoms with E-state index in [9.17, 15) is 9.59 Å². The number of hydrogen-bond donors (Lipinski definition) is 1. The van der Waals surface area contributed by atoms with Crippen molar-refractivity contribution in [2.45, 2.75) is 13.0 Å². The maximum absolute atomic E-state index is 12.3. The molecule has 1 N–H and O–H groups in total. The largest absolute Gasteiger partial charge is 0.497 e. The quantitative estimate of drug-likeness (QED) is 0.689. The van der Waals surface area contributed by atoms with E-state index >= 15 is 0 Å². The molecule has 0 saturated heterocycles. The molecule has 0 saturated carbocycles. The van der Waals surface area contributed by atoms with Crippen LogP contribution in [0.4, 0.5) is 0 Å². The van der Waals surface area contributed by atoms with E-state index in [2.05, 4.69) is 5.32 Å². The van der Waals surface area contributed by atoms with Gasteiger partial charge in [0, 0.05) is 13.6 Å². The van der Waals surface area contributed by atoms with E-state index in [1.165, 1.54) is 0 Å². The summed E-state index contributed by atoms with van der Waals surface area (Å²) in [5.41, 5.74) is 1.95. The van der Waals surface area contributed by atoms with Crippen molar-refractivity contribution in [3.8, 4) is 5.75 Å². The number of hydrogen-bond acceptors (Lipinski definition) is 3. The van der Waals surface area contributed by atoms with Crippen LogP contribution in [0.5, 0.6) is 5.75 Å². The molecule has 144 valence electrons. The molecule has 3 aromatic rings. The third-order valence-corrected chi connectivity index (χ3v) is 4.67. The third-order valence-electron chi connectivity index (χ3n) is 4.67. The normalized spacial score (nSPS) is 10.5. The highest BCUT2D eigenvalue weighted by Crippen LogP contribution is 2.18. The Morgan fingerprint density at radius 1 is 0.964 bits per heavy atom. The van der Waals surface area contributed by atoms with Crippen LogP contribution in [0.15, 0.2) is 66.7 Å². The number of amides is 2. The summed E-state index contributed by atoms with van der Waals surface area (Å²) in [6.45, 7) is 0.457. The van der Waals surface area contributed by atoms with Crippen LogP contribution in [-0.2, 0) is 22.6 Å². The van der Waals surface area contributed by atoms with E-state index in [-0.39, 0.29) is 24.8 Å². The highest BCUT2D eigenvalue weighted by Gasteiger charge is 2.12. The highest BCUT2D eigenvalue weighted by atomic mass is 16.5. The van der Waals surface area contributed by atoms with Crippen molar-refractivity contribution in [1.29, 1.82) is 0 Å². The molecule has 0 aliphatic heterocycles. The van der Waals surface area contributed by atoms with Crippen LogP contribution in [0.2, 0.25) is 0 Å². The van der Waals surface area contributed by atoms with E-state index in [0.717, 1.165) is 27.6 Å². The van der Waals surface area contributed by atoms with Crippen LogP contribution >= 0.6 is 0 Å². The number of nitrogens with zero attached hydrogens (tertiary/aromatic N) is 1. The van der Waals surface area contributed by atoms with E-state index < -0.39 is 0 Å². The van der Waals surface area contributed by atoms with Gasteiger partial charge in [-0.1, -0.05) is 54.6 Å². The van der Waals surface area contributed by atoms with Crippen molar-refractivity contribution in [1.82, 2.24) is 10.2 Å². The van der Waals surface area contributed by atoms with Crippen LogP contribution in [0.25, 0.3) is 10.8 Å². The predicted octanol–water partition coefficient (Wildman–Crippen LogP) is 3.17. The second-order valence-electron chi connectivity index (χ2n) is 6.69. The Hall–Kier alpha value is -3.34. The number of methoxy groups -OCH3 is 1. The molecule has 3 rings (SSSR count). The molecule has 0 aromatic heterocycles. The fourth-order valence-electron chi connectivity index (χ4n) is 3.08. The van der Waals surface area contributed by atoms with Gasteiger partial charge in [-0.3, -0.25) is 9.59 Å². The van der Waals surface area contributed by atoms with Gasteiger partial charge in [0.05, 0.1) is 20.1 Å². The van der Waals surface area contributed by atoms with Crippen molar-refractivity contribution in [2.24, 2.45) is 0 Å². The number of rotatable bonds is 7. The molecule has 0 radical (unpaired) electrons. The molecule has 2 amide bonds. The molecule has 28 heavy (non-hydrogen) atoms. The standard InChI is InChI=1S/C23H24N2O3/c1-25(16-17-10-12-20(28-2)13-11-17)23(27)15-24-22(26)14-19-8-5-7-18-6-3-4-9-21(18)19/h3-13H,14-16H2,1-2H3,(H,24,26). The fraction of sp³-hybridized carbons (Fsp3) is 0.217. The summed E-state index contributed by atoms with van der Waals surface area (Å²) < 4.78 is 5.13. The Morgan fingerprint density at radius 3 is 2.43 bits per heavy atom. The molecular formula is C23H24N2O3. The molecule has 5 heteroatoms. The Balaban J connectivity index is 1.52. The highest BCUT2D eigenvalue weighted by molar-refractivity contribution is 5.91. The number of benzene rings is 3. The molecule has 0 unspecified atom stereocenters. The first-order valence-corrected chi connectivity index (χ1v) is 9.17. The maximum atomic E-state index is 12.3. The SMILES string of the molecule is COc1ccc(CN(C)C(=O)CNC(=O)Cc2cccc3ccccc23)cc1. The minimum Gasteiger partial charge on any atom is -0.497 e. The molecule has 3 aromatic carbocycles. The third kappa shape index (κ3) is 4.88. The Kier molecular flexibility index (Phi) is 6.27. The van der Waals surface area contributed by atoms with Crippen molar-refractivity contribution in [3.63, 3.8) is 0 Å². The summed E-state index contributed by atoms with van der Waals surface area (Å²) in [4.78, 5) is 26.2. The van der Waals surface area contributed by atoms with Gasteiger partial charge in [-0.05, 0) is 34.0 Å². The van der Waals surface area contributed by atoms with Crippen LogP contribution in [0, 0.1) is 0 Å². The summed E-state index contributed by atoms with van der Waals surface area (Å²) in [5, 5.41) is 4.89. The predicted molar refractivity (Wildman–Crippen MR) is 110 cm³/mol. The van der Waals surface area contributed by atoms with Crippen LogP contribution < -0.4 is 10.1 Å². The zero-order valence-corrected chi connectivity index (χ0v) is 16.1. The van der Waals surface area contributed by atoms with Gasteiger partial charge in [0.2, 0.25) is 11.8 Å². The molecule has 5 nitrogen and oxygen atoms in total. The summed E-state index contributed by atoms with van der Waals surface area (Å²) in [5.74, 6) is 0.475. The van der Waals surface area contributed by atoms with Gasteiger partial charge in [-0.25, -0.2) is 0 Å². The first-order chi connectivity index (χ1) is 13.6. The van der Waals surface area contributed by atoms with E-state index in [0.29, 0.717) is 6.54 Å². The average molecular weight is 376 g/mol. The van der Waals surface area contributed by atoms with Crippen molar-refractivity contribution in [2.75, 3.05) is 20.7 Å². The Labute approximate surface area is 164 Å². The minimum absolute atomic E-state index is 0.0176. The number of ether oxygens (including phenoxy) is 1. The number of carbonyl (C=O) groups excluding carboxylic acids is 2. The number of fused-ring (bicyclic) bond motifs is 1. The first kappa shape index (κ1) is 19.4. The molecule has 0 fully saturated rings. The van der Waals surface area contributed by atoms with E-state index in [1.54, 1.807) is 19.1 Å². The second-order valence-corrected chi connectivity index (χ2v) is 6.69. The zero-order valence-electron chi connectivity index (χ0n) is 16.1.